The molecule has 0 aliphatic heterocycles. The fourth-order valence-electron chi connectivity index (χ4n) is 1.90. The predicted molar refractivity (Wildman–Crippen MR) is 87.0 cm³/mol. The zero-order chi connectivity index (χ0) is 16.1. The number of rotatable bonds is 4. The first-order valence-corrected chi connectivity index (χ1v) is 7.27. The minimum Gasteiger partial charge on any atom is -0.337 e. The first-order valence-electron chi connectivity index (χ1n) is 6.89. The van der Waals surface area contributed by atoms with Crippen LogP contribution >= 0.6 is 11.6 Å². The molecule has 23 heavy (non-hydrogen) atoms. The Bertz CT molecular complexity index is 787. The molecule has 0 saturated carbocycles. The van der Waals surface area contributed by atoms with Crippen LogP contribution in [0.2, 0.25) is 5.02 Å². The molecule has 2 aromatic carbocycles. The van der Waals surface area contributed by atoms with Gasteiger partial charge in [0.15, 0.2) is 0 Å². The van der Waals surface area contributed by atoms with E-state index in [1.54, 1.807) is 36.4 Å². The molecule has 0 radical (unpaired) electrons. The van der Waals surface area contributed by atoms with Crippen molar-refractivity contribution in [3.63, 3.8) is 0 Å². The van der Waals surface area contributed by atoms with Gasteiger partial charge in [-0.25, -0.2) is 4.79 Å². The van der Waals surface area contributed by atoms with E-state index in [2.05, 4.69) is 20.8 Å². The fourth-order valence-corrected chi connectivity index (χ4v) is 2.02. The summed E-state index contributed by atoms with van der Waals surface area (Å²) in [6.45, 7) is 0.138. The summed E-state index contributed by atoms with van der Waals surface area (Å²) < 4.78 is 5.11. The van der Waals surface area contributed by atoms with Gasteiger partial charge in [0.25, 0.3) is 0 Å². The third-order valence-corrected chi connectivity index (χ3v) is 3.25. The van der Waals surface area contributed by atoms with Crippen LogP contribution in [0.5, 0.6) is 0 Å². The van der Waals surface area contributed by atoms with Gasteiger partial charge in [-0.1, -0.05) is 35.0 Å². The number of urea groups is 1. The van der Waals surface area contributed by atoms with Gasteiger partial charge in [0.2, 0.25) is 11.7 Å². The van der Waals surface area contributed by atoms with Crippen LogP contribution in [0, 0.1) is 0 Å². The molecule has 2 amide bonds. The smallest absolute Gasteiger partial charge is 0.319 e. The van der Waals surface area contributed by atoms with Crippen LogP contribution in [0.3, 0.4) is 0 Å². The molecule has 1 heterocycles. The largest absolute Gasteiger partial charge is 0.337 e. The summed E-state index contributed by atoms with van der Waals surface area (Å²) in [5, 5.41) is 9.87. The molecule has 1 aromatic heterocycles. The first kappa shape index (κ1) is 15.1. The van der Waals surface area contributed by atoms with Gasteiger partial charge in [-0.2, -0.15) is 4.98 Å². The van der Waals surface area contributed by atoms with E-state index in [4.69, 9.17) is 16.1 Å². The number of hydrogen-bond acceptors (Lipinski definition) is 4. The Labute approximate surface area is 137 Å². The van der Waals surface area contributed by atoms with Crippen LogP contribution in [-0.4, -0.2) is 16.2 Å². The molecule has 116 valence electrons. The summed E-state index contributed by atoms with van der Waals surface area (Å²) in [7, 11) is 0. The maximum Gasteiger partial charge on any atom is 0.319 e. The molecule has 0 aliphatic rings. The van der Waals surface area contributed by atoms with Crippen LogP contribution < -0.4 is 10.6 Å². The lowest BCUT2D eigenvalue weighted by Crippen LogP contribution is -2.28. The number of aromatic nitrogens is 2. The van der Waals surface area contributed by atoms with Gasteiger partial charge in [0.05, 0.1) is 6.54 Å². The third-order valence-electron chi connectivity index (χ3n) is 3.00. The second kappa shape index (κ2) is 6.93. The highest BCUT2D eigenvalue weighted by molar-refractivity contribution is 6.30. The lowest BCUT2D eigenvalue weighted by molar-refractivity contribution is 0.249. The van der Waals surface area contributed by atoms with Crippen molar-refractivity contribution in [2.24, 2.45) is 0 Å². The van der Waals surface area contributed by atoms with Crippen LogP contribution in [-0.2, 0) is 6.54 Å². The number of carbonyl (C=O) groups is 1. The highest BCUT2D eigenvalue weighted by Crippen LogP contribution is 2.18. The topological polar surface area (TPSA) is 80.1 Å². The van der Waals surface area contributed by atoms with E-state index in [1.165, 1.54) is 0 Å². The molecule has 0 saturated heterocycles. The SMILES string of the molecule is O=C(NCc1nc(-c2ccc(Cl)cc2)no1)Nc1ccccc1. The average molecular weight is 329 g/mol. The molecule has 2 N–H and O–H groups in total. The zero-order valence-corrected chi connectivity index (χ0v) is 12.7. The monoisotopic (exact) mass is 328 g/mol. The van der Waals surface area contributed by atoms with Gasteiger partial charge in [-0.15, -0.1) is 0 Å². The Morgan fingerprint density at radius 3 is 2.57 bits per heavy atom. The second-order valence-electron chi connectivity index (χ2n) is 4.69. The lowest BCUT2D eigenvalue weighted by Gasteiger charge is -2.04. The first-order chi connectivity index (χ1) is 11.2. The Balaban J connectivity index is 1.57. The standard InChI is InChI=1S/C16H13ClN4O2/c17-12-8-6-11(7-9-12)15-20-14(23-21-15)10-18-16(22)19-13-4-2-1-3-5-13/h1-9H,10H2,(H2,18,19,22). The molecule has 0 atom stereocenters. The summed E-state index contributed by atoms with van der Waals surface area (Å²) in [5.74, 6) is 0.764. The van der Waals surface area contributed by atoms with Crippen molar-refractivity contribution in [2.75, 3.05) is 5.32 Å². The van der Waals surface area contributed by atoms with Crippen molar-refractivity contribution in [2.45, 2.75) is 6.54 Å². The van der Waals surface area contributed by atoms with Crippen LogP contribution in [0.4, 0.5) is 10.5 Å². The van der Waals surface area contributed by atoms with Crippen molar-refractivity contribution in [3.05, 3.63) is 65.5 Å². The van der Waals surface area contributed by atoms with Gasteiger partial charge in [0, 0.05) is 16.3 Å². The maximum absolute atomic E-state index is 11.8. The predicted octanol–water partition coefficient (Wildman–Crippen LogP) is 3.71. The van der Waals surface area contributed by atoms with E-state index < -0.39 is 0 Å². The molecular weight excluding hydrogens is 316 g/mol. The lowest BCUT2D eigenvalue weighted by atomic mass is 10.2. The van der Waals surface area contributed by atoms with Crippen molar-refractivity contribution < 1.29 is 9.32 Å². The number of anilines is 1. The fraction of sp³-hybridized carbons (Fsp3) is 0.0625. The normalized spacial score (nSPS) is 10.3. The van der Waals surface area contributed by atoms with Gasteiger partial charge >= 0.3 is 6.03 Å². The number of hydrogen-bond donors (Lipinski definition) is 2. The van der Waals surface area contributed by atoms with Crippen molar-refractivity contribution in [1.82, 2.24) is 15.5 Å². The summed E-state index contributed by atoms with van der Waals surface area (Å²) in [6, 6.07) is 15.9. The van der Waals surface area contributed by atoms with E-state index in [1.807, 2.05) is 18.2 Å². The van der Waals surface area contributed by atoms with Crippen LogP contribution in [0.15, 0.2) is 59.1 Å². The van der Waals surface area contributed by atoms with Gasteiger partial charge in [-0.3, -0.25) is 0 Å². The Kier molecular flexibility index (Phi) is 4.54. The Hall–Kier alpha value is -2.86. The summed E-state index contributed by atoms with van der Waals surface area (Å²) in [5.41, 5.74) is 1.50. The molecular formula is C16H13ClN4O2. The highest BCUT2D eigenvalue weighted by Gasteiger charge is 2.10. The summed E-state index contributed by atoms with van der Waals surface area (Å²) in [6.07, 6.45) is 0. The number of halogens is 1. The molecule has 0 bridgehead atoms. The zero-order valence-electron chi connectivity index (χ0n) is 12.0. The number of carbonyl (C=O) groups excluding carboxylic acids is 1. The molecule has 3 rings (SSSR count). The minimum atomic E-state index is -0.345. The van der Waals surface area contributed by atoms with E-state index in [0.29, 0.717) is 22.4 Å². The Morgan fingerprint density at radius 2 is 1.83 bits per heavy atom. The molecule has 0 aliphatic carbocycles. The maximum atomic E-state index is 11.8. The Morgan fingerprint density at radius 1 is 1.09 bits per heavy atom. The number of amides is 2. The summed E-state index contributed by atoms with van der Waals surface area (Å²) in [4.78, 5) is 16.0. The van der Waals surface area contributed by atoms with Gasteiger partial charge in [-0.05, 0) is 36.4 Å². The van der Waals surface area contributed by atoms with Gasteiger partial charge < -0.3 is 15.2 Å². The average Bonchev–Trinajstić information content (AvgIpc) is 3.04. The summed E-state index contributed by atoms with van der Waals surface area (Å²) >= 11 is 5.84. The molecule has 0 unspecified atom stereocenters. The quantitative estimate of drug-likeness (QED) is 0.765. The van der Waals surface area contributed by atoms with Crippen LogP contribution in [0.25, 0.3) is 11.4 Å². The number of nitrogens with one attached hydrogen (secondary N) is 2. The molecule has 7 heteroatoms. The second-order valence-corrected chi connectivity index (χ2v) is 5.13. The van der Waals surface area contributed by atoms with E-state index in [9.17, 15) is 4.79 Å². The number of benzene rings is 2. The highest BCUT2D eigenvalue weighted by atomic mass is 35.5. The minimum absolute atomic E-state index is 0.138. The molecule has 0 fully saturated rings. The third kappa shape index (κ3) is 4.08. The van der Waals surface area contributed by atoms with E-state index in [0.717, 1.165) is 5.56 Å². The van der Waals surface area contributed by atoms with Crippen LogP contribution in [0.1, 0.15) is 5.89 Å². The van der Waals surface area contributed by atoms with Crippen molar-refractivity contribution >= 4 is 23.3 Å². The van der Waals surface area contributed by atoms with E-state index >= 15 is 0 Å². The van der Waals surface area contributed by atoms with E-state index in [-0.39, 0.29) is 12.6 Å². The molecule has 3 aromatic rings. The van der Waals surface area contributed by atoms with Crippen molar-refractivity contribution in [3.8, 4) is 11.4 Å². The number of para-hydroxylation sites is 1. The van der Waals surface area contributed by atoms with Gasteiger partial charge in [0.1, 0.15) is 0 Å². The number of nitrogens with zero attached hydrogens (tertiary/aromatic N) is 2. The molecule has 0 spiro atoms. The molecule has 6 nitrogen and oxygen atoms in total. The van der Waals surface area contributed by atoms with Crippen molar-refractivity contribution in [1.29, 1.82) is 0 Å².